The van der Waals surface area contributed by atoms with Crippen LogP contribution in [0.1, 0.15) is 35.6 Å². The van der Waals surface area contributed by atoms with Crippen LogP contribution in [0.25, 0.3) is 0 Å². The molecular formula is C16H20N2O2. The summed E-state index contributed by atoms with van der Waals surface area (Å²) in [6.07, 6.45) is 3.24. The van der Waals surface area contributed by atoms with E-state index in [-0.39, 0.29) is 0 Å². The molecule has 0 radical (unpaired) electrons. The van der Waals surface area contributed by atoms with Crippen molar-refractivity contribution in [2.45, 2.75) is 25.2 Å². The summed E-state index contributed by atoms with van der Waals surface area (Å²) in [6, 6.07) is 8.24. The first kappa shape index (κ1) is 13.0. The van der Waals surface area contributed by atoms with Gasteiger partial charge in [0, 0.05) is 31.1 Å². The van der Waals surface area contributed by atoms with Crippen LogP contribution in [-0.2, 0) is 6.42 Å². The molecule has 0 N–H and O–H groups in total. The van der Waals surface area contributed by atoms with Crippen molar-refractivity contribution < 1.29 is 9.26 Å². The van der Waals surface area contributed by atoms with Gasteiger partial charge < -0.3 is 14.2 Å². The van der Waals surface area contributed by atoms with Gasteiger partial charge in [-0.05, 0) is 25.3 Å². The highest BCUT2D eigenvalue weighted by Gasteiger charge is 2.31. The minimum Gasteiger partial charge on any atom is -0.496 e. The average Bonchev–Trinajstić information content (AvgIpc) is 2.91. The number of rotatable bonds is 3. The Morgan fingerprint density at radius 3 is 2.85 bits per heavy atom. The molecule has 1 aliphatic rings. The summed E-state index contributed by atoms with van der Waals surface area (Å²) < 4.78 is 11.1. The Balaban J connectivity index is 2.11. The first-order valence-electron chi connectivity index (χ1n) is 7.01. The number of hydrogen-bond donors (Lipinski definition) is 0. The molecular weight excluding hydrogens is 252 g/mol. The number of aromatic nitrogens is 1. The summed E-state index contributed by atoms with van der Waals surface area (Å²) in [4.78, 5) is 2.00. The topological polar surface area (TPSA) is 38.5 Å². The van der Waals surface area contributed by atoms with Gasteiger partial charge in [-0.25, -0.2) is 0 Å². The lowest BCUT2D eigenvalue weighted by Crippen LogP contribution is -2.16. The minimum atomic E-state index is 0.304. The fraction of sp³-hybridized carbons (Fsp3) is 0.438. The van der Waals surface area contributed by atoms with Crippen LogP contribution in [0.5, 0.6) is 5.75 Å². The maximum atomic E-state index is 5.54. The zero-order valence-electron chi connectivity index (χ0n) is 12.2. The predicted octanol–water partition coefficient (Wildman–Crippen LogP) is 3.22. The molecule has 1 unspecified atom stereocenters. The SMILES string of the molecule is COc1ccccc1C1CCCc2noc(N(C)C)c21. The van der Waals surface area contributed by atoms with E-state index in [2.05, 4.69) is 17.3 Å². The summed E-state index contributed by atoms with van der Waals surface area (Å²) >= 11 is 0. The molecule has 0 bridgehead atoms. The predicted molar refractivity (Wildman–Crippen MR) is 78.6 cm³/mol. The molecule has 106 valence electrons. The third-order valence-corrected chi connectivity index (χ3v) is 3.96. The van der Waals surface area contributed by atoms with E-state index in [0.29, 0.717) is 5.92 Å². The largest absolute Gasteiger partial charge is 0.496 e. The van der Waals surface area contributed by atoms with E-state index in [1.54, 1.807) is 7.11 Å². The number of hydrogen-bond acceptors (Lipinski definition) is 4. The highest BCUT2D eigenvalue weighted by Crippen LogP contribution is 2.44. The smallest absolute Gasteiger partial charge is 0.230 e. The first-order chi connectivity index (χ1) is 9.72. The molecule has 0 fully saturated rings. The van der Waals surface area contributed by atoms with Crippen LogP contribution in [-0.4, -0.2) is 26.4 Å². The Labute approximate surface area is 119 Å². The molecule has 1 aromatic carbocycles. The highest BCUT2D eigenvalue weighted by molar-refractivity contribution is 5.54. The number of ether oxygens (including phenoxy) is 1. The van der Waals surface area contributed by atoms with Gasteiger partial charge in [0.25, 0.3) is 0 Å². The highest BCUT2D eigenvalue weighted by atomic mass is 16.5. The standard InChI is InChI=1S/C16H20N2O2/c1-18(2)16-15-12(8-6-9-13(15)17-20-16)11-7-4-5-10-14(11)19-3/h4-5,7,10,12H,6,8-9H2,1-3H3. The molecule has 0 spiro atoms. The summed E-state index contributed by atoms with van der Waals surface area (Å²) in [6.45, 7) is 0. The van der Waals surface area contributed by atoms with Gasteiger partial charge in [-0.2, -0.15) is 0 Å². The van der Waals surface area contributed by atoms with E-state index in [9.17, 15) is 0 Å². The van der Waals surface area contributed by atoms with Crippen LogP contribution in [0.2, 0.25) is 0 Å². The zero-order chi connectivity index (χ0) is 14.1. The van der Waals surface area contributed by atoms with Crippen LogP contribution in [0.3, 0.4) is 0 Å². The number of benzene rings is 1. The van der Waals surface area contributed by atoms with Gasteiger partial charge in [-0.3, -0.25) is 0 Å². The third kappa shape index (κ3) is 2.05. The van der Waals surface area contributed by atoms with Gasteiger partial charge in [0.05, 0.1) is 12.8 Å². The van der Waals surface area contributed by atoms with Gasteiger partial charge in [0.1, 0.15) is 5.75 Å². The molecule has 1 atom stereocenters. The fourth-order valence-electron chi connectivity index (χ4n) is 3.06. The molecule has 0 aliphatic heterocycles. The van der Waals surface area contributed by atoms with E-state index in [0.717, 1.165) is 36.6 Å². The molecule has 0 saturated carbocycles. The Hall–Kier alpha value is -1.97. The maximum Gasteiger partial charge on any atom is 0.230 e. The second kappa shape index (κ2) is 5.19. The van der Waals surface area contributed by atoms with E-state index in [4.69, 9.17) is 9.26 Å². The van der Waals surface area contributed by atoms with Crippen LogP contribution in [0.15, 0.2) is 28.8 Å². The number of methoxy groups -OCH3 is 1. The van der Waals surface area contributed by atoms with Crippen molar-refractivity contribution in [2.24, 2.45) is 0 Å². The lowest BCUT2D eigenvalue weighted by molar-refractivity contribution is 0.405. The van der Waals surface area contributed by atoms with Crippen molar-refractivity contribution in [1.82, 2.24) is 5.16 Å². The fourth-order valence-corrected chi connectivity index (χ4v) is 3.06. The molecule has 1 heterocycles. The second-order valence-electron chi connectivity index (χ2n) is 5.43. The number of anilines is 1. The van der Waals surface area contributed by atoms with Crippen molar-refractivity contribution >= 4 is 5.88 Å². The van der Waals surface area contributed by atoms with Gasteiger partial charge in [0.2, 0.25) is 5.88 Å². The lowest BCUT2D eigenvalue weighted by atomic mass is 9.81. The van der Waals surface area contributed by atoms with Gasteiger partial charge in [-0.15, -0.1) is 0 Å². The first-order valence-corrected chi connectivity index (χ1v) is 7.01. The van der Waals surface area contributed by atoms with Crippen molar-refractivity contribution in [3.05, 3.63) is 41.1 Å². The Bertz CT molecular complexity index is 604. The normalized spacial score (nSPS) is 17.6. The molecule has 4 heteroatoms. The Morgan fingerprint density at radius 2 is 2.10 bits per heavy atom. The summed E-state index contributed by atoms with van der Waals surface area (Å²) in [5.74, 6) is 2.12. The van der Waals surface area contributed by atoms with E-state index >= 15 is 0 Å². The Morgan fingerprint density at radius 1 is 1.30 bits per heavy atom. The summed E-state index contributed by atoms with van der Waals surface area (Å²) in [7, 11) is 5.71. The number of fused-ring (bicyclic) bond motifs is 1. The van der Waals surface area contributed by atoms with Crippen molar-refractivity contribution in [2.75, 3.05) is 26.1 Å². The minimum absolute atomic E-state index is 0.304. The van der Waals surface area contributed by atoms with Crippen LogP contribution >= 0.6 is 0 Å². The average molecular weight is 272 g/mol. The van der Waals surface area contributed by atoms with E-state index in [1.807, 2.05) is 31.1 Å². The zero-order valence-corrected chi connectivity index (χ0v) is 12.2. The molecule has 0 amide bonds. The van der Waals surface area contributed by atoms with Gasteiger partial charge in [0.15, 0.2) is 0 Å². The number of para-hydroxylation sites is 1. The molecule has 0 saturated heterocycles. The Kier molecular flexibility index (Phi) is 3.38. The molecule has 20 heavy (non-hydrogen) atoms. The van der Waals surface area contributed by atoms with Gasteiger partial charge >= 0.3 is 0 Å². The molecule has 3 rings (SSSR count). The van der Waals surface area contributed by atoms with Gasteiger partial charge in [-0.1, -0.05) is 23.4 Å². The van der Waals surface area contributed by atoms with E-state index in [1.165, 1.54) is 11.1 Å². The maximum absolute atomic E-state index is 5.54. The monoisotopic (exact) mass is 272 g/mol. The number of aryl methyl sites for hydroxylation is 1. The second-order valence-corrected chi connectivity index (χ2v) is 5.43. The lowest BCUT2D eigenvalue weighted by Gasteiger charge is -2.25. The van der Waals surface area contributed by atoms with Crippen LogP contribution in [0, 0.1) is 0 Å². The van der Waals surface area contributed by atoms with Crippen molar-refractivity contribution in [3.8, 4) is 5.75 Å². The third-order valence-electron chi connectivity index (χ3n) is 3.96. The number of nitrogens with zero attached hydrogens (tertiary/aromatic N) is 2. The van der Waals surface area contributed by atoms with Crippen molar-refractivity contribution in [1.29, 1.82) is 0 Å². The summed E-state index contributed by atoms with van der Waals surface area (Å²) in [5.41, 5.74) is 3.55. The van der Waals surface area contributed by atoms with Crippen LogP contribution < -0.4 is 9.64 Å². The quantitative estimate of drug-likeness (QED) is 0.860. The summed E-state index contributed by atoms with van der Waals surface area (Å²) in [5, 5.41) is 4.25. The molecule has 2 aromatic rings. The molecule has 1 aromatic heterocycles. The molecule has 1 aliphatic carbocycles. The molecule has 4 nitrogen and oxygen atoms in total. The van der Waals surface area contributed by atoms with Crippen molar-refractivity contribution in [3.63, 3.8) is 0 Å². The van der Waals surface area contributed by atoms with E-state index < -0.39 is 0 Å². The van der Waals surface area contributed by atoms with Crippen LogP contribution in [0.4, 0.5) is 5.88 Å².